The first-order valence-electron chi connectivity index (χ1n) is 12.3. The molecule has 0 radical (unpaired) electrons. The van der Waals surface area contributed by atoms with Gasteiger partial charge in [0.05, 0.1) is 0 Å². The van der Waals surface area contributed by atoms with Gasteiger partial charge in [-0.3, -0.25) is 0 Å². The van der Waals surface area contributed by atoms with Crippen molar-refractivity contribution in [3.05, 3.63) is 0 Å². The quantitative estimate of drug-likeness (QED) is 0.141. The lowest BCUT2D eigenvalue weighted by molar-refractivity contribution is 0.293. The maximum atomic E-state index is 6.30. The maximum absolute atomic E-state index is 6.30. The van der Waals surface area contributed by atoms with Crippen LogP contribution in [0.3, 0.4) is 0 Å². The average Bonchev–Trinajstić information content (AvgIpc) is 2.62. The highest BCUT2D eigenvalue weighted by molar-refractivity contribution is 6.71. The first kappa shape index (κ1) is 26.2. The highest BCUT2D eigenvalue weighted by Crippen LogP contribution is 2.18. The van der Waals surface area contributed by atoms with Crippen molar-refractivity contribution in [2.24, 2.45) is 0 Å². The zero-order valence-electron chi connectivity index (χ0n) is 19.1. The van der Waals surface area contributed by atoms with Gasteiger partial charge >= 0.3 is 0 Å². The van der Waals surface area contributed by atoms with Crippen LogP contribution in [-0.4, -0.2) is 14.9 Å². The summed E-state index contributed by atoms with van der Waals surface area (Å²) in [6.45, 7) is 10.5. The zero-order chi connectivity index (χ0) is 19.3. The van der Waals surface area contributed by atoms with Gasteiger partial charge in [-0.2, -0.15) is 0 Å². The summed E-state index contributed by atoms with van der Waals surface area (Å²) in [6, 6.07) is 1.36. The largest absolute Gasteiger partial charge is 0.417 e. The number of hydrogen-bond donors (Lipinski definition) is 0. The molecule has 2 heteroatoms. The monoisotopic (exact) mass is 384 g/mol. The van der Waals surface area contributed by atoms with Crippen molar-refractivity contribution in [2.75, 3.05) is 6.61 Å². The molecule has 1 nitrogen and oxygen atoms in total. The average molecular weight is 385 g/mol. The Morgan fingerprint density at radius 2 is 0.808 bits per heavy atom. The molecule has 0 spiro atoms. The van der Waals surface area contributed by atoms with Crippen LogP contribution in [-0.2, 0) is 4.43 Å². The minimum atomic E-state index is -1.38. The number of unbranched alkanes of at least 4 members (excludes halogenated alkanes) is 16. The molecule has 0 aliphatic carbocycles. The molecule has 158 valence electrons. The topological polar surface area (TPSA) is 9.23 Å². The van der Waals surface area contributed by atoms with E-state index in [0.717, 1.165) is 6.61 Å². The summed E-state index contributed by atoms with van der Waals surface area (Å²) in [4.78, 5) is 0. The van der Waals surface area contributed by atoms with Crippen LogP contribution in [0.4, 0.5) is 0 Å². The van der Waals surface area contributed by atoms with Gasteiger partial charge in [-0.25, -0.2) is 0 Å². The molecule has 0 saturated carbocycles. The molecule has 0 fully saturated rings. The van der Waals surface area contributed by atoms with E-state index in [1.807, 2.05) is 0 Å². The van der Waals surface area contributed by atoms with Crippen LogP contribution in [0.2, 0.25) is 19.1 Å². The molecule has 0 aromatic carbocycles. The van der Waals surface area contributed by atoms with Crippen molar-refractivity contribution in [1.82, 2.24) is 0 Å². The van der Waals surface area contributed by atoms with Crippen LogP contribution in [0.1, 0.15) is 129 Å². The van der Waals surface area contributed by atoms with E-state index in [1.54, 1.807) is 0 Å². The molecular weight excluding hydrogens is 332 g/mol. The molecule has 0 aromatic heterocycles. The lowest BCUT2D eigenvalue weighted by Gasteiger charge is -2.23. The normalized spacial score (nSPS) is 12.0. The van der Waals surface area contributed by atoms with E-state index in [4.69, 9.17) is 4.43 Å². The fraction of sp³-hybridized carbons (Fsp3) is 1.00. The molecule has 0 N–H and O–H groups in total. The van der Waals surface area contributed by atoms with Gasteiger partial charge in [0, 0.05) is 6.61 Å². The van der Waals surface area contributed by atoms with Gasteiger partial charge in [-0.1, -0.05) is 123 Å². The fourth-order valence-corrected chi connectivity index (χ4v) is 5.64. The number of rotatable bonds is 21. The van der Waals surface area contributed by atoms with E-state index < -0.39 is 8.32 Å². The predicted molar refractivity (Wildman–Crippen MR) is 123 cm³/mol. The van der Waals surface area contributed by atoms with Crippen LogP contribution in [0.5, 0.6) is 0 Å². The molecular formula is C24H52OSi. The molecule has 0 unspecified atom stereocenters. The molecule has 0 atom stereocenters. The van der Waals surface area contributed by atoms with Crippen molar-refractivity contribution in [3.8, 4) is 0 Å². The summed E-state index contributed by atoms with van der Waals surface area (Å²) in [5.74, 6) is 0. The van der Waals surface area contributed by atoms with Gasteiger partial charge in [0.25, 0.3) is 0 Å². The minimum Gasteiger partial charge on any atom is -0.417 e. The summed E-state index contributed by atoms with van der Waals surface area (Å²) < 4.78 is 6.30. The molecule has 0 aliphatic rings. The van der Waals surface area contributed by atoms with E-state index in [0.29, 0.717) is 0 Å². The van der Waals surface area contributed by atoms with Gasteiger partial charge < -0.3 is 4.43 Å². The van der Waals surface area contributed by atoms with E-state index in [2.05, 4.69) is 26.9 Å². The molecule has 0 heterocycles. The van der Waals surface area contributed by atoms with Crippen LogP contribution < -0.4 is 0 Å². The second kappa shape index (κ2) is 19.9. The van der Waals surface area contributed by atoms with Crippen molar-refractivity contribution in [2.45, 2.75) is 149 Å². The smallest absolute Gasteiger partial charge is 0.186 e. The molecule has 0 rings (SSSR count). The second-order valence-corrected chi connectivity index (χ2v) is 13.3. The third kappa shape index (κ3) is 20.5. The summed E-state index contributed by atoms with van der Waals surface area (Å²) >= 11 is 0. The van der Waals surface area contributed by atoms with Crippen LogP contribution in [0.15, 0.2) is 0 Å². The Morgan fingerprint density at radius 3 is 1.23 bits per heavy atom. The van der Waals surface area contributed by atoms with Crippen molar-refractivity contribution >= 4 is 8.32 Å². The molecule has 0 aromatic rings. The van der Waals surface area contributed by atoms with Gasteiger partial charge in [-0.15, -0.1) is 0 Å². The maximum Gasteiger partial charge on any atom is 0.186 e. The van der Waals surface area contributed by atoms with Crippen LogP contribution in [0.25, 0.3) is 0 Å². The SMILES string of the molecule is CCCCCCCCCCCC[Si](C)(C)OCCCCCCCCCC. The Bertz CT molecular complexity index is 265. The highest BCUT2D eigenvalue weighted by Gasteiger charge is 2.21. The second-order valence-electron chi connectivity index (χ2n) is 9.02. The molecule has 0 bridgehead atoms. The van der Waals surface area contributed by atoms with Crippen LogP contribution >= 0.6 is 0 Å². The summed E-state index contributed by atoms with van der Waals surface area (Å²) in [7, 11) is -1.38. The highest BCUT2D eigenvalue weighted by atomic mass is 28.4. The Morgan fingerprint density at radius 1 is 0.462 bits per heavy atom. The lowest BCUT2D eigenvalue weighted by atomic mass is 10.1. The minimum absolute atomic E-state index is 1.02. The first-order chi connectivity index (χ1) is 12.6. The van der Waals surface area contributed by atoms with Gasteiger partial charge in [-0.05, 0) is 25.6 Å². The van der Waals surface area contributed by atoms with Gasteiger partial charge in [0.1, 0.15) is 0 Å². The Hall–Kier alpha value is 0.177. The van der Waals surface area contributed by atoms with E-state index in [1.165, 1.54) is 122 Å². The molecule has 0 aliphatic heterocycles. The molecule has 26 heavy (non-hydrogen) atoms. The standard InChI is InChI=1S/C24H52OSi/c1-5-7-9-11-13-15-16-18-20-22-24-26(3,4)25-23-21-19-17-14-12-10-8-6-2/h5-24H2,1-4H3. The van der Waals surface area contributed by atoms with Crippen molar-refractivity contribution in [3.63, 3.8) is 0 Å². The van der Waals surface area contributed by atoms with Gasteiger partial charge in [0.15, 0.2) is 8.32 Å². The Kier molecular flexibility index (Phi) is 20.1. The zero-order valence-corrected chi connectivity index (χ0v) is 20.1. The van der Waals surface area contributed by atoms with Crippen LogP contribution in [0, 0.1) is 0 Å². The summed E-state index contributed by atoms with van der Waals surface area (Å²) in [6.07, 6.45) is 25.5. The van der Waals surface area contributed by atoms with Gasteiger partial charge in [0.2, 0.25) is 0 Å². The Balaban J connectivity index is 3.31. The fourth-order valence-electron chi connectivity index (χ4n) is 3.69. The molecule has 0 amide bonds. The van der Waals surface area contributed by atoms with Crippen molar-refractivity contribution in [1.29, 1.82) is 0 Å². The third-order valence-electron chi connectivity index (χ3n) is 5.62. The Labute approximate surface area is 168 Å². The van der Waals surface area contributed by atoms with E-state index in [9.17, 15) is 0 Å². The predicted octanol–water partition coefficient (Wildman–Crippen LogP) is 9.27. The van der Waals surface area contributed by atoms with Crippen molar-refractivity contribution < 1.29 is 4.43 Å². The third-order valence-corrected chi connectivity index (χ3v) is 8.17. The summed E-state index contributed by atoms with van der Waals surface area (Å²) in [5, 5.41) is 0. The number of hydrogen-bond acceptors (Lipinski definition) is 1. The first-order valence-corrected chi connectivity index (χ1v) is 15.4. The lowest BCUT2D eigenvalue weighted by Crippen LogP contribution is -2.30. The van der Waals surface area contributed by atoms with E-state index in [-0.39, 0.29) is 0 Å². The molecule has 0 saturated heterocycles. The van der Waals surface area contributed by atoms with E-state index >= 15 is 0 Å². The summed E-state index contributed by atoms with van der Waals surface area (Å²) in [5.41, 5.74) is 0.